The van der Waals surface area contributed by atoms with Gasteiger partial charge in [-0.3, -0.25) is 4.79 Å². The van der Waals surface area contributed by atoms with Gasteiger partial charge in [-0.1, -0.05) is 58.1 Å². The summed E-state index contributed by atoms with van der Waals surface area (Å²) in [5, 5.41) is 12.1. The number of rotatable bonds is 2. The van der Waals surface area contributed by atoms with Crippen molar-refractivity contribution in [1.82, 2.24) is 0 Å². The maximum atomic E-state index is 12.1. The fourth-order valence-electron chi connectivity index (χ4n) is 2.02. The molecule has 0 bridgehead atoms. The van der Waals surface area contributed by atoms with E-state index in [1.54, 1.807) is 42.5 Å². The lowest BCUT2D eigenvalue weighted by Gasteiger charge is -2.17. The van der Waals surface area contributed by atoms with Gasteiger partial charge < -0.3 is 5.11 Å². The van der Waals surface area contributed by atoms with Crippen LogP contribution in [0.4, 0.5) is 5.69 Å². The summed E-state index contributed by atoms with van der Waals surface area (Å²) in [7, 11) is 0. The monoisotopic (exact) mass is 326 g/mol. The third-order valence-electron chi connectivity index (χ3n) is 3.00. The first-order valence-corrected chi connectivity index (χ1v) is 6.82. The molecule has 0 aliphatic rings. The zero-order chi connectivity index (χ0) is 14.1. The fourth-order valence-corrected chi connectivity index (χ4v) is 2.41. The van der Waals surface area contributed by atoms with Crippen LogP contribution in [0.15, 0.2) is 68.9 Å². The maximum absolute atomic E-state index is 12.1. The molecule has 0 spiro atoms. The molecule has 0 saturated heterocycles. The topological polar surface area (TPSA) is 52.5 Å². The van der Waals surface area contributed by atoms with Crippen molar-refractivity contribution in [2.45, 2.75) is 0 Å². The largest absolute Gasteiger partial charge is 0.870 e. The Morgan fingerprint density at radius 1 is 1.00 bits per heavy atom. The molecule has 0 atom stereocenters. The van der Waals surface area contributed by atoms with E-state index >= 15 is 0 Å². The highest BCUT2D eigenvalue weighted by molar-refractivity contribution is 9.10. The van der Waals surface area contributed by atoms with Gasteiger partial charge in [-0.15, -0.1) is 0 Å². The van der Waals surface area contributed by atoms with Crippen molar-refractivity contribution in [3.63, 3.8) is 0 Å². The molecule has 0 saturated carbocycles. The normalized spacial score (nSPS) is 11.9. The molecular formula is C16H9BrNO2-. The van der Waals surface area contributed by atoms with Crippen LogP contribution in [0.25, 0.3) is 11.1 Å². The Bertz CT molecular complexity index is 846. The molecule has 0 heterocycles. The fraction of sp³-hybridized carbons (Fsp3) is 0. The summed E-state index contributed by atoms with van der Waals surface area (Å²) in [5.74, 6) is -0.291. The van der Waals surface area contributed by atoms with Gasteiger partial charge in [-0.05, 0) is 23.8 Å². The molecule has 3 aromatic rings. The zero-order valence-corrected chi connectivity index (χ0v) is 11.9. The van der Waals surface area contributed by atoms with Crippen molar-refractivity contribution in [2.75, 3.05) is 0 Å². The summed E-state index contributed by atoms with van der Waals surface area (Å²) in [6.45, 7) is 0. The molecule has 3 nitrogen and oxygen atoms in total. The lowest BCUT2D eigenvalue weighted by atomic mass is 10.00. The van der Waals surface area contributed by atoms with E-state index in [0.717, 1.165) is 4.47 Å². The van der Waals surface area contributed by atoms with E-state index in [1.807, 2.05) is 12.1 Å². The summed E-state index contributed by atoms with van der Waals surface area (Å²) in [6, 6.07) is 16.1. The molecule has 3 rings (SSSR count). The number of hydrogen-bond acceptors (Lipinski definition) is 3. The second kappa shape index (κ2) is 5.06. The van der Waals surface area contributed by atoms with Crippen LogP contribution < -0.4 is 15.9 Å². The highest BCUT2D eigenvalue weighted by atomic mass is 79.9. The van der Waals surface area contributed by atoms with Crippen LogP contribution in [-0.4, -0.2) is 0 Å². The van der Waals surface area contributed by atoms with E-state index in [2.05, 4.69) is 20.9 Å². The van der Waals surface area contributed by atoms with Crippen LogP contribution >= 0.6 is 15.9 Å². The third-order valence-corrected chi connectivity index (χ3v) is 3.49. The molecule has 0 N–H and O–H groups in total. The van der Waals surface area contributed by atoms with Crippen molar-refractivity contribution in [3.8, 4) is 16.9 Å². The number of hydrogen-bond donors (Lipinski definition) is 0. The first kappa shape index (κ1) is 12.8. The summed E-state index contributed by atoms with van der Waals surface area (Å²) in [5.41, 5.74) is 1.17. The molecular weight excluding hydrogens is 318 g/mol. The quantitative estimate of drug-likeness (QED) is 0.727. The molecule has 0 fully saturated rings. The highest BCUT2D eigenvalue weighted by Gasteiger charge is 2.13. The molecule has 98 valence electrons. The van der Waals surface area contributed by atoms with Crippen LogP contribution in [-0.2, 0) is 0 Å². The van der Waals surface area contributed by atoms with Gasteiger partial charge in [0.15, 0.2) is 0 Å². The van der Waals surface area contributed by atoms with Crippen LogP contribution in [0.1, 0.15) is 0 Å². The third kappa shape index (κ3) is 2.18. The van der Waals surface area contributed by atoms with E-state index in [0.29, 0.717) is 11.3 Å². The Morgan fingerprint density at radius 2 is 1.75 bits per heavy atom. The van der Waals surface area contributed by atoms with E-state index < -0.39 is 0 Å². The van der Waals surface area contributed by atoms with Gasteiger partial charge in [0.2, 0.25) is 5.43 Å². The Balaban J connectivity index is 2.09. The minimum absolute atomic E-state index is 0.00181. The van der Waals surface area contributed by atoms with Crippen molar-refractivity contribution >= 4 is 21.6 Å². The number of halogens is 1. The molecule has 0 aliphatic carbocycles. The van der Waals surface area contributed by atoms with Crippen molar-refractivity contribution < 1.29 is 5.11 Å². The summed E-state index contributed by atoms with van der Waals surface area (Å²) < 4.78 is 0.853. The van der Waals surface area contributed by atoms with Gasteiger partial charge in [0, 0.05) is 10.0 Å². The Labute approximate surface area is 123 Å². The Kier molecular flexibility index (Phi) is 3.24. The summed E-state index contributed by atoms with van der Waals surface area (Å²) in [6.07, 6.45) is 0. The van der Waals surface area contributed by atoms with Crippen LogP contribution in [0.2, 0.25) is 0 Å². The van der Waals surface area contributed by atoms with Gasteiger partial charge in [0.1, 0.15) is 5.36 Å². The lowest BCUT2D eigenvalue weighted by molar-refractivity contribution is -0.270. The minimum atomic E-state index is -0.291. The molecule has 0 aliphatic heterocycles. The smallest absolute Gasteiger partial charge is 0.210 e. The van der Waals surface area contributed by atoms with Gasteiger partial charge in [0.05, 0.1) is 5.69 Å². The van der Waals surface area contributed by atoms with Gasteiger partial charge >= 0.3 is 0 Å². The Hall–Kier alpha value is -2.20. The van der Waals surface area contributed by atoms with Crippen molar-refractivity contribution in [1.29, 1.82) is 0 Å². The SMILES string of the molecule is O=c1c(-c2ccccc2)c([O-])c1=Nc1cccc(Br)c1. The van der Waals surface area contributed by atoms with Crippen molar-refractivity contribution in [3.05, 3.63) is 74.7 Å². The lowest BCUT2D eigenvalue weighted by Crippen LogP contribution is -2.37. The van der Waals surface area contributed by atoms with E-state index in [4.69, 9.17) is 0 Å². The van der Waals surface area contributed by atoms with Crippen LogP contribution in [0.5, 0.6) is 5.75 Å². The van der Waals surface area contributed by atoms with Gasteiger partial charge in [-0.2, -0.15) is 0 Å². The van der Waals surface area contributed by atoms with Gasteiger partial charge in [0.25, 0.3) is 0 Å². The predicted molar refractivity (Wildman–Crippen MR) is 79.3 cm³/mol. The molecule has 20 heavy (non-hydrogen) atoms. The number of benzene rings is 2. The maximum Gasteiger partial charge on any atom is 0.210 e. The summed E-state index contributed by atoms with van der Waals surface area (Å²) >= 11 is 3.33. The highest BCUT2D eigenvalue weighted by Crippen LogP contribution is 2.23. The second-order valence-electron chi connectivity index (χ2n) is 4.34. The predicted octanol–water partition coefficient (Wildman–Crippen LogP) is 2.66. The first-order valence-electron chi connectivity index (χ1n) is 6.03. The molecule has 0 unspecified atom stereocenters. The standard InChI is InChI=1S/C16H10BrNO2/c17-11-7-4-8-12(9-11)18-14-15(19)13(16(14)20)10-5-2-1-3-6-10/h1-9,19H/p-1. The van der Waals surface area contributed by atoms with E-state index in [-0.39, 0.29) is 22.1 Å². The number of nitrogens with zero attached hydrogens (tertiary/aromatic N) is 1. The van der Waals surface area contributed by atoms with Crippen LogP contribution in [0.3, 0.4) is 0 Å². The molecule has 4 heteroatoms. The average Bonchev–Trinajstić information content (AvgIpc) is 2.46. The van der Waals surface area contributed by atoms with E-state index in [1.165, 1.54) is 0 Å². The molecule has 0 amide bonds. The first-order chi connectivity index (χ1) is 9.66. The van der Waals surface area contributed by atoms with Gasteiger partial charge in [-0.25, -0.2) is 4.99 Å². The molecule has 0 radical (unpaired) electrons. The molecule has 0 aromatic heterocycles. The minimum Gasteiger partial charge on any atom is -0.870 e. The van der Waals surface area contributed by atoms with Crippen molar-refractivity contribution in [2.24, 2.45) is 4.99 Å². The average molecular weight is 327 g/mol. The zero-order valence-electron chi connectivity index (χ0n) is 10.3. The van der Waals surface area contributed by atoms with E-state index in [9.17, 15) is 9.90 Å². The summed E-state index contributed by atoms with van der Waals surface area (Å²) in [4.78, 5) is 16.2. The Morgan fingerprint density at radius 3 is 2.40 bits per heavy atom. The van der Waals surface area contributed by atoms with Crippen LogP contribution in [0, 0.1) is 0 Å². The second-order valence-corrected chi connectivity index (χ2v) is 5.26. The molecule has 3 aromatic carbocycles.